The van der Waals surface area contributed by atoms with Gasteiger partial charge in [-0.2, -0.15) is 0 Å². The number of aliphatic hydroxyl groups is 1. The molecule has 2 atom stereocenters. The van der Waals surface area contributed by atoms with Crippen molar-refractivity contribution in [1.29, 1.82) is 0 Å². The third-order valence-electron chi connectivity index (χ3n) is 2.13. The fraction of sp³-hybridized carbons (Fsp3) is 0.667. The van der Waals surface area contributed by atoms with Gasteiger partial charge in [-0.15, -0.1) is 0 Å². The standard InChI is InChI=1S/C9H14O3/c1-3-9(12-2)7-4-6(10)5-8(7)11/h4,8-9,11H,3,5H2,1-2H3/t8-,9+/m0/s1. The van der Waals surface area contributed by atoms with Crippen molar-refractivity contribution >= 4 is 5.78 Å². The van der Waals surface area contributed by atoms with Crippen LogP contribution in [0.2, 0.25) is 0 Å². The highest BCUT2D eigenvalue weighted by Crippen LogP contribution is 2.22. The van der Waals surface area contributed by atoms with E-state index in [0.717, 1.165) is 12.0 Å². The summed E-state index contributed by atoms with van der Waals surface area (Å²) in [6, 6.07) is 0. The Kier molecular flexibility index (Phi) is 3.00. The van der Waals surface area contributed by atoms with E-state index in [4.69, 9.17) is 4.74 Å². The van der Waals surface area contributed by atoms with Gasteiger partial charge in [-0.05, 0) is 18.1 Å². The Labute approximate surface area is 72.0 Å². The van der Waals surface area contributed by atoms with E-state index in [-0.39, 0.29) is 18.3 Å². The zero-order chi connectivity index (χ0) is 9.14. The predicted octanol–water partition coefficient (Wildman–Crippen LogP) is 0.671. The molecule has 1 aliphatic carbocycles. The molecule has 0 aromatic heterocycles. The summed E-state index contributed by atoms with van der Waals surface area (Å²) < 4.78 is 5.12. The minimum atomic E-state index is -0.623. The van der Waals surface area contributed by atoms with Crippen LogP contribution in [0, 0.1) is 0 Å². The Balaban J connectivity index is 2.72. The number of rotatable bonds is 3. The zero-order valence-electron chi connectivity index (χ0n) is 7.41. The summed E-state index contributed by atoms with van der Waals surface area (Å²) in [6.07, 6.45) is 1.78. The van der Waals surface area contributed by atoms with E-state index in [1.807, 2.05) is 6.92 Å². The number of methoxy groups -OCH3 is 1. The van der Waals surface area contributed by atoms with Crippen LogP contribution in [0.4, 0.5) is 0 Å². The second-order valence-corrected chi connectivity index (χ2v) is 2.96. The van der Waals surface area contributed by atoms with E-state index >= 15 is 0 Å². The number of ketones is 1. The second kappa shape index (κ2) is 3.83. The fourth-order valence-corrected chi connectivity index (χ4v) is 1.50. The normalized spacial score (nSPS) is 25.8. The number of carbonyl (C=O) groups is 1. The molecule has 0 aromatic rings. The molecular weight excluding hydrogens is 156 g/mol. The van der Waals surface area contributed by atoms with Gasteiger partial charge in [-0.1, -0.05) is 6.92 Å². The lowest BCUT2D eigenvalue weighted by atomic mass is 10.1. The van der Waals surface area contributed by atoms with Crippen molar-refractivity contribution in [2.24, 2.45) is 0 Å². The highest BCUT2D eigenvalue weighted by molar-refractivity contribution is 5.94. The maximum Gasteiger partial charge on any atom is 0.158 e. The molecule has 0 unspecified atom stereocenters. The summed E-state index contributed by atoms with van der Waals surface area (Å²) in [5.74, 6) is -0.00648. The van der Waals surface area contributed by atoms with Crippen molar-refractivity contribution < 1.29 is 14.6 Å². The molecule has 0 aromatic carbocycles. The van der Waals surface area contributed by atoms with Crippen LogP contribution in [0.5, 0.6) is 0 Å². The largest absolute Gasteiger partial charge is 0.388 e. The molecule has 0 bridgehead atoms. The first-order valence-electron chi connectivity index (χ1n) is 4.14. The van der Waals surface area contributed by atoms with Gasteiger partial charge in [0.1, 0.15) is 0 Å². The summed E-state index contributed by atoms with van der Waals surface area (Å²) in [5, 5.41) is 9.42. The van der Waals surface area contributed by atoms with Crippen LogP contribution in [0.15, 0.2) is 11.6 Å². The van der Waals surface area contributed by atoms with Gasteiger partial charge in [0.2, 0.25) is 0 Å². The Morgan fingerprint density at radius 3 is 2.83 bits per heavy atom. The highest BCUT2D eigenvalue weighted by Gasteiger charge is 2.27. The summed E-state index contributed by atoms with van der Waals surface area (Å²) in [7, 11) is 1.59. The van der Waals surface area contributed by atoms with Crippen molar-refractivity contribution in [1.82, 2.24) is 0 Å². The third kappa shape index (κ3) is 1.73. The Morgan fingerprint density at radius 1 is 1.83 bits per heavy atom. The Hall–Kier alpha value is -0.670. The van der Waals surface area contributed by atoms with Crippen molar-refractivity contribution in [3.63, 3.8) is 0 Å². The summed E-state index contributed by atoms with van der Waals surface area (Å²) >= 11 is 0. The molecule has 12 heavy (non-hydrogen) atoms. The van der Waals surface area contributed by atoms with Crippen molar-refractivity contribution in [2.75, 3.05) is 7.11 Å². The molecule has 0 spiro atoms. The van der Waals surface area contributed by atoms with E-state index in [9.17, 15) is 9.90 Å². The number of allylic oxidation sites excluding steroid dienone is 1. The van der Waals surface area contributed by atoms with Crippen LogP contribution >= 0.6 is 0 Å². The van der Waals surface area contributed by atoms with Gasteiger partial charge in [-0.25, -0.2) is 0 Å². The maximum atomic E-state index is 10.9. The smallest absolute Gasteiger partial charge is 0.158 e. The first-order valence-corrected chi connectivity index (χ1v) is 4.14. The van der Waals surface area contributed by atoms with Crippen molar-refractivity contribution in [3.05, 3.63) is 11.6 Å². The van der Waals surface area contributed by atoms with Crippen LogP contribution in [0.3, 0.4) is 0 Å². The lowest BCUT2D eigenvalue weighted by Gasteiger charge is -2.17. The average molecular weight is 170 g/mol. The van der Waals surface area contributed by atoms with Gasteiger partial charge >= 0.3 is 0 Å². The van der Waals surface area contributed by atoms with Gasteiger partial charge in [0, 0.05) is 13.5 Å². The molecule has 0 amide bonds. The topological polar surface area (TPSA) is 46.5 Å². The molecule has 1 aliphatic rings. The molecule has 0 heterocycles. The monoisotopic (exact) mass is 170 g/mol. The number of carbonyl (C=O) groups excluding carboxylic acids is 1. The second-order valence-electron chi connectivity index (χ2n) is 2.96. The van der Waals surface area contributed by atoms with Gasteiger partial charge in [0.25, 0.3) is 0 Å². The highest BCUT2D eigenvalue weighted by atomic mass is 16.5. The van der Waals surface area contributed by atoms with Crippen molar-refractivity contribution in [3.8, 4) is 0 Å². The lowest BCUT2D eigenvalue weighted by Crippen LogP contribution is -2.20. The number of ether oxygens (including phenoxy) is 1. The SMILES string of the molecule is CC[C@@H](OC)C1=CC(=O)C[C@@H]1O. The van der Waals surface area contributed by atoms with Gasteiger partial charge in [0.05, 0.1) is 12.2 Å². The van der Waals surface area contributed by atoms with E-state index < -0.39 is 6.10 Å². The van der Waals surface area contributed by atoms with Crippen LogP contribution in [-0.2, 0) is 9.53 Å². The van der Waals surface area contributed by atoms with E-state index in [2.05, 4.69) is 0 Å². The molecule has 1 N–H and O–H groups in total. The first kappa shape index (κ1) is 9.42. The number of aliphatic hydroxyl groups excluding tert-OH is 1. The summed E-state index contributed by atoms with van der Waals surface area (Å²) in [6.45, 7) is 1.96. The van der Waals surface area contributed by atoms with Crippen LogP contribution in [0.1, 0.15) is 19.8 Å². The van der Waals surface area contributed by atoms with Crippen LogP contribution in [-0.4, -0.2) is 30.2 Å². The zero-order valence-corrected chi connectivity index (χ0v) is 7.41. The molecule has 0 fully saturated rings. The Morgan fingerprint density at radius 2 is 2.50 bits per heavy atom. The quantitative estimate of drug-likeness (QED) is 0.677. The van der Waals surface area contributed by atoms with E-state index in [1.54, 1.807) is 7.11 Å². The molecule has 0 radical (unpaired) electrons. The lowest BCUT2D eigenvalue weighted by molar-refractivity contribution is -0.115. The number of hydrogen-bond donors (Lipinski definition) is 1. The maximum absolute atomic E-state index is 10.9. The summed E-state index contributed by atoms with van der Waals surface area (Å²) in [4.78, 5) is 10.9. The van der Waals surface area contributed by atoms with Gasteiger partial charge in [-0.3, -0.25) is 4.79 Å². The van der Waals surface area contributed by atoms with Crippen molar-refractivity contribution in [2.45, 2.75) is 32.0 Å². The van der Waals surface area contributed by atoms with E-state index in [0.29, 0.717) is 0 Å². The molecule has 1 rings (SSSR count). The van der Waals surface area contributed by atoms with Gasteiger partial charge in [0.15, 0.2) is 5.78 Å². The molecule has 0 aliphatic heterocycles. The molecular formula is C9H14O3. The fourth-order valence-electron chi connectivity index (χ4n) is 1.50. The average Bonchev–Trinajstić information content (AvgIpc) is 2.34. The van der Waals surface area contributed by atoms with Crippen LogP contribution < -0.4 is 0 Å². The molecule has 3 heteroatoms. The molecule has 68 valence electrons. The first-order chi connectivity index (χ1) is 5.69. The van der Waals surface area contributed by atoms with E-state index in [1.165, 1.54) is 6.08 Å². The predicted molar refractivity (Wildman–Crippen MR) is 44.8 cm³/mol. The van der Waals surface area contributed by atoms with Gasteiger partial charge < -0.3 is 9.84 Å². The number of hydrogen-bond acceptors (Lipinski definition) is 3. The Bertz CT molecular complexity index is 204. The summed E-state index contributed by atoms with van der Waals surface area (Å²) in [5.41, 5.74) is 0.727. The van der Waals surface area contributed by atoms with Crippen LogP contribution in [0.25, 0.3) is 0 Å². The molecule has 0 saturated carbocycles. The molecule has 0 saturated heterocycles. The third-order valence-corrected chi connectivity index (χ3v) is 2.13. The molecule has 3 nitrogen and oxygen atoms in total. The minimum absolute atomic E-state index is 0.00648. The minimum Gasteiger partial charge on any atom is -0.388 e.